The van der Waals surface area contributed by atoms with Gasteiger partial charge in [-0.1, -0.05) is 6.92 Å². The maximum atomic E-state index is 12.2. The Bertz CT molecular complexity index is 487. The second-order valence-electron chi connectivity index (χ2n) is 6.27. The molecule has 0 aromatic rings. The van der Waals surface area contributed by atoms with E-state index in [1.54, 1.807) is 7.05 Å². The van der Waals surface area contributed by atoms with Crippen molar-refractivity contribution >= 4 is 36.0 Å². The smallest absolute Gasteiger partial charge is 0.240 e. The second-order valence-corrected chi connectivity index (χ2v) is 6.63. The number of carbonyl (C=O) groups is 4. The van der Waals surface area contributed by atoms with E-state index >= 15 is 0 Å². The van der Waals surface area contributed by atoms with Gasteiger partial charge in [-0.25, -0.2) is 0 Å². The van der Waals surface area contributed by atoms with Gasteiger partial charge < -0.3 is 21.7 Å². The number of hydrogen-bond acceptors (Lipinski definition) is 7. The van der Waals surface area contributed by atoms with E-state index in [1.807, 2.05) is 6.92 Å². The molecule has 8 nitrogen and oxygen atoms in total. The van der Waals surface area contributed by atoms with Crippen molar-refractivity contribution in [3.05, 3.63) is 0 Å². The lowest BCUT2D eigenvalue weighted by Gasteiger charge is -2.19. The van der Waals surface area contributed by atoms with Crippen molar-refractivity contribution in [2.24, 2.45) is 11.7 Å². The molecule has 0 fully saturated rings. The summed E-state index contributed by atoms with van der Waals surface area (Å²) in [6.45, 7) is 4.10. The topological polar surface area (TPSA) is 130 Å². The molecule has 0 saturated heterocycles. The number of Topliss-reactive ketones (excluding diaryl/α,β-unsaturated/α-hetero) is 2. The minimum atomic E-state index is -0.819. The minimum absolute atomic E-state index is 0.0110. The van der Waals surface area contributed by atoms with Crippen LogP contribution in [0.5, 0.6) is 0 Å². The van der Waals surface area contributed by atoms with E-state index in [0.717, 1.165) is 0 Å². The van der Waals surface area contributed by atoms with Crippen molar-refractivity contribution in [1.82, 2.24) is 16.0 Å². The molecule has 0 unspecified atom stereocenters. The third-order valence-electron chi connectivity index (χ3n) is 4.20. The van der Waals surface area contributed by atoms with Crippen LogP contribution in [0.3, 0.4) is 0 Å². The highest BCUT2D eigenvalue weighted by molar-refractivity contribution is 7.80. The van der Waals surface area contributed by atoms with Crippen LogP contribution in [0.1, 0.15) is 39.5 Å². The van der Waals surface area contributed by atoms with Gasteiger partial charge in [-0.3, -0.25) is 19.2 Å². The Hall–Kier alpha value is -1.45. The molecule has 0 bridgehead atoms. The fourth-order valence-corrected chi connectivity index (χ4v) is 2.69. The molecule has 0 aliphatic heterocycles. The molecule has 150 valence electrons. The summed E-state index contributed by atoms with van der Waals surface area (Å²) in [4.78, 5) is 47.0. The normalized spacial score (nSPS) is 14.3. The van der Waals surface area contributed by atoms with Crippen LogP contribution in [0.4, 0.5) is 0 Å². The summed E-state index contributed by atoms with van der Waals surface area (Å²) in [5.74, 6) is -1.27. The van der Waals surface area contributed by atoms with Gasteiger partial charge in [-0.2, -0.15) is 12.6 Å². The van der Waals surface area contributed by atoms with Gasteiger partial charge in [-0.15, -0.1) is 0 Å². The molecular formula is C17H32N4O4S. The zero-order chi connectivity index (χ0) is 20.1. The molecule has 3 atom stereocenters. The van der Waals surface area contributed by atoms with Crippen molar-refractivity contribution in [3.63, 3.8) is 0 Å². The summed E-state index contributed by atoms with van der Waals surface area (Å²) >= 11 is 3.99. The first kappa shape index (κ1) is 24.6. The summed E-state index contributed by atoms with van der Waals surface area (Å²) < 4.78 is 0. The summed E-state index contributed by atoms with van der Waals surface area (Å²) in [6.07, 6.45) is 1.75. The van der Waals surface area contributed by atoms with Crippen molar-refractivity contribution < 1.29 is 19.2 Å². The molecule has 0 heterocycles. The summed E-state index contributed by atoms with van der Waals surface area (Å²) in [6, 6.07) is -1.18. The van der Waals surface area contributed by atoms with E-state index in [0.29, 0.717) is 25.8 Å². The third kappa shape index (κ3) is 9.88. The Morgan fingerprint density at radius 1 is 1.12 bits per heavy atom. The quantitative estimate of drug-likeness (QED) is 0.239. The van der Waals surface area contributed by atoms with Gasteiger partial charge in [0.2, 0.25) is 11.8 Å². The molecule has 26 heavy (non-hydrogen) atoms. The summed E-state index contributed by atoms with van der Waals surface area (Å²) in [7, 11) is 1.80. The molecule has 0 rings (SSSR count). The highest BCUT2D eigenvalue weighted by atomic mass is 32.1. The molecule has 2 amide bonds. The molecule has 9 heteroatoms. The van der Waals surface area contributed by atoms with Crippen molar-refractivity contribution in [2.75, 3.05) is 25.9 Å². The highest BCUT2D eigenvalue weighted by Gasteiger charge is 2.23. The first-order chi connectivity index (χ1) is 12.3. The Morgan fingerprint density at radius 3 is 2.23 bits per heavy atom. The van der Waals surface area contributed by atoms with Crippen molar-refractivity contribution in [2.45, 2.75) is 51.6 Å². The molecule has 0 aromatic heterocycles. The second kappa shape index (κ2) is 13.7. The predicted octanol–water partition coefficient (Wildman–Crippen LogP) is -0.581. The van der Waals surface area contributed by atoms with Crippen LogP contribution >= 0.6 is 12.6 Å². The van der Waals surface area contributed by atoms with Crippen molar-refractivity contribution in [1.29, 1.82) is 0 Å². The van der Waals surface area contributed by atoms with Crippen LogP contribution in [0.2, 0.25) is 0 Å². The lowest BCUT2D eigenvalue weighted by molar-refractivity contribution is -0.130. The number of nitrogens with two attached hydrogens (primary N) is 1. The number of rotatable bonds is 15. The van der Waals surface area contributed by atoms with Gasteiger partial charge in [0.15, 0.2) is 0 Å². The van der Waals surface area contributed by atoms with Crippen molar-refractivity contribution in [3.8, 4) is 0 Å². The van der Waals surface area contributed by atoms with E-state index in [2.05, 4.69) is 28.6 Å². The Kier molecular flexibility index (Phi) is 12.9. The van der Waals surface area contributed by atoms with Gasteiger partial charge in [0, 0.05) is 18.1 Å². The van der Waals surface area contributed by atoms with Crippen LogP contribution in [-0.4, -0.2) is 61.4 Å². The number of ketones is 2. The largest absolute Gasteiger partial charge is 0.368 e. The van der Waals surface area contributed by atoms with Crippen LogP contribution in [-0.2, 0) is 19.2 Å². The fraction of sp³-hybridized carbons (Fsp3) is 0.765. The standard InChI is InChI=1S/C17H32N4O4S/c1-4-12(17(25)21-15(10-26)16(18)24)5-6-13(23)9-20-14(11(2)22)7-8-19-3/h12,14-15,19-20,26H,4-10H2,1-3H3,(H2,18,24)(H,21,25)/t12-,14-,15-/m0/s1. The van der Waals surface area contributed by atoms with Gasteiger partial charge in [0.05, 0.1) is 12.6 Å². The van der Waals surface area contributed by atoms with Crippen LogP contribution < -0.4 is 21.7 Å². The maximum absolute atomic E-state index is 12.2. The van der Waals surface area contributed by atoms with E-state index in [1.165, 1.54) is 6.92 Å². The maximum Gasteiger partial charge on any atom is 0.240 e. The predicted molar refractivity (Wildman–Crippen MR) is 104 cm³/mol. The average molecular weight is 389 g/mol. The van der Waals surface area contributed by atoms with Gasteiger partial charge in [0.25, 0.3) is 0 Å². The molecule has 0 aliphatic carbocycles. The first-order valence-electron chi connectivity index (χ1n) is 8.87. The molecule has 0 aromatic carbocycles. The van der Waals surface area contributed by atoms with Crippen LogP contribution in [0, 0.1) is 5.92 Å². The molecular weight excluding hydrogens is 356 g/mol. The Morgan fingerprint density at radius 2 is 1.77 bits per heavy atom. The van der Waals surface area contributed by atoms with Gasteiger partial charge in [0.1, 0.15) is 17.6 Å². The SMILES string of the molecule is CC[C@@H](CCC(=O)CN[C@@H](CCNC)C(C)=O)C(=O)N[C@@H](CS)C(N)=O. The number of hydrogen-bond donors (Lipinski definition) is 5. The Balaban J connectivity index is 4.41. The van der Waals surface area contributed by atoms with E-state index in [9.17, 15) is 19.2 Å². The lowest BCUT2D eigenvalue weighted by Crippen LogP contribution is -2.47. The monoisotopic (exact) mass is 388 g/mol. The van der Waals surface area contributed by atoms with Crippen LogP contribution in [0.15, 0.2) is 0 Å². The number of amides is 2. The number of carbonyl (C=O) groups excluding carboxylic acids is 4. The van der Waals surface area contributed by atoms with E-state index in [4.69, 9.17) is 5.73 Å². The highest BCUT2D eigenvalue weighted by Crippen LogP contribution is 2.12. The minimum Gasteiger partial charge on any atom is -0.368 e. The van der Waals surface area contributed by atoms with E-state index in [-0.39, 0.29) is 48.2 Å². The van der Waals surface area contributed by atoms with Gasteiger partial charge in [-0.05, 0) is 39.8 Å². The number of primary amides is 1. The summed E-state index contributed by atoms with van der Waals surface area (Å²) in [5, 5.41) is 8.50. The third-order valence-corrected chi connectivity index (χ3v) is 4.56. The molecule has 0 spiro atoms. The molecule has 0 aliphatic rings. The average Bonchev–Trinajstić information content (AvgIpc) is 2.59. The van der Waals surface area contributed by atoms with Gasteiger partial charge >= 0.3 is 0 Å². The zero-order valence-corrected chi connectivity index (χ0v) is 16.7. The molecule has 0 saturated carbocycles. The molecule has 5 N–H and O–H groups in total. The number of nitrogens with one attached hydrogen (secondary N) is 3. The number of thiol groups is 1. The first-order valence-corrected chi connectivity index (χ1v) is 9.50. The van der Waals surface area contributed by atoms with Crippen LogP contribution in [0.25, 0.3) is 0 Å². The summed E-state index contributed by atoms with van der Waals surface area (Å²) in [5.41, 5.74) is 5.19. The zero-order valence-electron chi connectivity index (χ0n) is 15.8. The fourth-order valence-electron chi connectivity index (χ4n) is 2.42. The van der Waals surface area contributed by atoms with E-state index < -0.39 is 11.9 Å². The molecule has 0 radical (unpaired) electrons. The Labute approximate surface area is 160 Å². The lowest BCUT2D eigenvalue weighted by atomic mass is 9.97.